The average Bonchev–Trinajstić information content (AvgIpc) is 3.32. The normalized spacial score (nSPS) is 18.0. The van der Waals surface area contributed by atoms with E-state index in [1.807, 2.05) is 28.8 Å². The molecule has 28 heavy (non-hydrogen) atoms. The van der Waals surface area contributed by atoms with E-state index in [0.29, 0.717) is 12.3 Å². The number of hydrogen-bond donors (Lipinski definition) is 0. The highest BCUT2D eigenvalue weighted by molar-refractivity contribution is 5.91. The monoisotopic (exact) mass is 381 g/mol. The SMILES string of the molecule is CCc1cc(C(=O)N2CCCC(c3nn(C(C)(C)C)c4ncccc34)C2)on1. The minimum atomic E-state index is -0.161. The number of aromatic nitrogens is 4. The van der Waals surface area contributed by atoms with Gasteiger partial charge in [-0.3, -0.25) is 4.79 Å². The molecule has 1 saturated heterocycles. The molecule has 0 radical (unpaired) electrons. The maximum absolute atomic E-state index is 12.9. The van der Waals surface area contributed by atoms with Gasteiger partial charge in [-0.1, -0.05) is 12.1 Å². The summed E-state index contributed by atoms with van der Waals surface area (Å²) in [5.41, 5.74) is 2.57. The Balaban J connectivity index is 1.64. The van der Waals surface area contributed by atoms with Crippen LogP contribution in [-0.2, 0) is 12.0 Å². The molecule has 1 atom stereocenters. The van der Waals surface area contributed by atoms with Gasteiger partial charge in [0, 0.05) is 36.7 Å². The molecule has 148 valence electrons. The van der Waals surface area contributed by atoms with Gasteiger partial charge in [0.15, 0.2) is 5.65 Å². The van der Waals surface area contributed by atoms with Crippen molar-refractivity contribution in [2.24, 2.45) is 0 Å². The van der Waals surface area contributed by atoms with Crippen LogP contribution in [0.15, 0.2) is 28.9 Å². The van der Waals surface area contributed by atoms with Gasteiger partial charge < -0.3 is 9.42 Å². The molecule has 4 heterocycles. The van der Waals surface area contributed by atoms with Crippen molar-refractivity contribution in [1.82, 2.24) is 24.8 Å². The van der Waals surface area contributed by atoms with Crippen molar-refractivity contribution in [2.45, 2.75) is 58.4 Å². The molecule has 3 aromatic heterocycles. The number of amides is 1. The molecular formula is C21H27N5O2. The van der Waals surface area contributed by atoms with Gasteiger partial charge in [0.25, 0.3) is 5.91 Å². The lowest BCUT2D eigenvalue weighted by Gasteiger charge is -2.31. The molecule has 0 aromatic carbocycles. The van der Waals surface area contributed by atoms with Gasteiger partial charge in [0.1, 0.15) is 0 Å². The molecule has 3 aromatic rings. The van der Waals surface area contributed by atoms with Crippen molar-refractivity contribution in [2.75, 3.05) is 13.1 Å². The topological polar surface area (TPSA) is 77.0 Å². The number of carbonyl (C=O) groups is 1. The number of aryl methyl sites for hydroxylation is 1. The fraction of sp³-hybridized carbons (Fsp3) is 0.524. The van der Waals surface area contributed by atoms with E-state index in [1.165, 1.54) is 0 Å². The molecular weight excluding hydrogens is 354 g/mol. The second kappa shape index (κ2) is 7.04. The lowest BCUT2D eigenvalue weighted by Crippen LogP contribution is -2.39. The molecule has 0 bridgehead atoms. The molecule has 1 unspecified atom stereocenters. The van der Waals surface area contributed by atoms with E-state index in [9.17, 15) is 4.79 Å². The van der Waals surface area contributed by atoms with Gasteiger partial charge in [-0.2, -0.15) is 5.10 Å². The number of carbonyl (C=O) groups excluding carboxylic acids is 1. The molecule has 4 rings (SSSR count). The predicted octanol–water partition coefficient (Wildman–Crippen LogP) is 3.76. The largest absolute Gasteiger partial charge is 0.351 e. The fourth-order valence-electron chi connectivity index (χ4n) is 3.86. The van der Waals surface area contributed by atoms with E-state index >= 15 is 0 Å². The second-order valence-corrected chi connectivity index (χ2v) is 8.47. The van der Waals surface area contributed by atoms with Crippen LogP contribution in [0.2, 0.25) is 0 Å². The van der Waals surface area contributed by atoms with Gasteiger partial charge >= 0.3 is 0 Å². The van der Waals surface area contributed by atoms with E-state index in [2.05, 4.69) is 37.0 Å². The first-order chi connectivity index (χ1) is 13.4. The molecule has 1 aliphatic rings. The maximum Gasteiger partial charge on any atom is 0.292 e. The number of piperidine rings is 1. The summed E-state index contributed by atoms with van der Waals surface area (Å²) in [5, 5.41) is 9.97. The third kappa shape index (κ3) is 3.30. The Morgan fingerprint density at radius 1 is 1.36 bits per heavy atom. The highest BCUT2D eigenvalue weighted by Crippen LogP contribution is 2.33. The molecule has 0 saturated carbocycles. The van der Waals surface area contributed by atoms with Crippen molar-refractivity contribution in [3.63, 3.8) is 0 Å². The summed E-state index contributed by atoms with van der Waals surface area (Å²) < 4.78 is 7.26. The Bertz CT molecular complexity index is 998. The van der Waals surface area contributed by atoms with E-state index < -0.39 is 0 Å². The Morgan fingerprint density at radius 2 is 2.18 bits per heavy atom. The Morgan fingerprint density at radius 3 is 2.89 bits per heavy atom. The van der Waals surface area contributed by atoms with Crippen molar-refractivity contribution in [1.29, 1.82) is 0 Å². The van der Waals surface area contributed by atoms with Crippen LogP contribution in [0.5, 0.6) is 0 Å². The zero-order chi connectivity index (χ0) is 19.9. The predicted molar refractivity (Wildman–Crippen MR) is 106 cm³/mol. The summed E-state index contributed by atoms with van der Waals surface area (Å²) in [6.07, 6.45) is 4.51. The summed E-state index contributed by atoms with van der Waals surface area (Å²) in [6.45, 7) is 9.74. The third-order valence-corrected chi connectivity index (χ3v) is 5.33. The smallest absolute Gasteiger partial charge is 0.292 e. The van der Waals surface area contributed by atoms with Crippen LogP contribution in [0, 0.1) is 0 Å². The van der Waals surface area contributed by atoms with E-state index in [0.717, 1.165) is 48.2 Å². The molecule has 7 heteroatoms. The lowest BCUT2D eigenvalue weighted by atomic mass is 9.93. The van der Waals surface area contributed by atoms with Crippen LogP contribution < -0.4 is 0 Å². The quantitative estimate of drug-likeness (QED) is 0.690. The van der Waals surface area contributed by atoms with Gasteiger partial charge in [-0.15, -0.1) is 0 Å². The Hall–Kier alpha value is -2.70. The van der Waals surface area contributed by atoms with Crippen LogP contribution in [0.1, 0.15) is 68.4 Å². The number of fused-ring (bicyclic) bond motifs is 1. The lowest BCUT2D eigenvalue weighted by molar-refractivity contribution is 0.0663. The number of likely N-dealkylation sites (tertiary alicyclic amines) is 1. The van der Waals surface area contributed by atoms with Crippen LogP contribution in [0.4, 0.5) is 0 Å². The molecule has 1 amide bonds. The first kappa shape index (κ1) is 18.7. The second-order valence-electron chi connectivity index (χ2n) is 8.47. The van der Waals surface area contributed by atoms with Crippen molar-refractivity contribution in [3.05, 3.63) is 41.5 Å². The standard InChI is InChI=1S/C21H27N5O2/c1-5-15-12-17(28-24-15)20(27)25-11-7-8-14(13-25)18-16-9-6-10-22-19(16)26(23-18)21(2,3)4/h6,9-10,12,14H,5,7-8,11,13H2,1-4H3. The van der Waals surface area contributed by atoms with Crippen molar-refractivity contribution < 1.29 is 9.32 Å². The highest BCUT2D eigenvalue weighted by Gasteiger charge is 2.31. The zero-order valence-corrected chi connectivity index (χ0v) is 17.0. The summed E-state index contributed by atoms with van der Waals surface area (Å²) >= 11 is 0. The molecule has 0 N–H and O–H groups in total. The fourth-order valence-corrected chi connectivity index (χ4v) is 3.86. The molecule has 1 aliphatic heterocycles. The molecule has 1 fully saturated rings. The third-order valence-electron chi connectivity index (χ3n) is 5.33. The number of nitrogens with zero attached hydrogens (tertiary/aromatic N) is 5. The summed E-state index contributed by atoms with van der Waals surface area (Å²) in [5.74, 6) is 0.417. The van der Waals surface area contributed by atoms with Crippen LogP contribution in [-0.4, -0.2) is 43.8 Å². The maximum atomic E-state index is 12.9. The summed E-state index contributed by atoms with van der Waals surface area (Å²) in [6, 6.07) is 5.78. The van der Waals surface area contributed by atoms with E-state index in [1.54, 1.807) is 6.07 Å². The highest BCUT2D eigenvalue weighted by atomic mass is 16.5. The van der Waals surface area contributed by atoms with E-state index in [4.69, 9.17) is 9.62 Å². The summed E-state index contributed by atoms with van der Waals surface area (Å²) in [4.78, 5) is 19.3. The zero-order valence-electron chi connectivity index (χ0n) is 17.0. The molecule has 0 spiro atoms. The van der Waals surface area contributed by atoms with Gasteiger partial charge in [-0.05, 0) is 52.2 Å². The first-order valence-corrected chi connectivity index (χ1v) is 9.97. The number of hydrogen-bond acceptors (Lipinski definition) is 5. The van der Waals surface area contributed by atoms with Crippen LogP contribution >= 0.6 is 0 Å². The Kier molecular flexibility index (Phi) is 4.69. The molecule has 7 nitrogen and oxygen atoms in total. The minimum Gasteiger partial charge on any atom is -0.351 e. The minimum absolute atomic E-state index is 0.0883. The Labute approximate surface area is 164 Å². The van der Waals surface area contributed by atoms with Gasteiger partial charge in [0.05, 0.1) is 16.9 Å². The average molecular weight is 381 g/mol. The first-order valence-electron chi connectivity index (χ1n) is 9.97. The van der Waals surface area contributed by atoms with Crippen molar-refractivity contribution >= 4 is 16.9 Å². The van der Waals surface area contributed by atoms with Gasteiger partial charge in [-0.25, -0.2) is 9.67 Å². The van der Waals surface area contributed by atoms with Crippen LogP contribution in [0.25, 0.3) is 11.0 Å². The van der Waals surface area contributed by atoms with E-state index in [-0.39, 0.29) is 17.4 Å². The number of rotatable bonds is 3. The van der Waals surface area contributed by atoms with Crippen molar-refractivity contribution in [3.8, 4) is 0 Å². The molecule has 0 aliphatic carbocycles. The van der Waals surface area contributed by atoms with Gasteiger partial charge in [0.2, 0.25) is 5.76 Å². The van der Waals surface area contributed by atoms with Crippen LogP contribution in [0.3, 0.4) is 0 Å². The number of pyridine rings is 1. The summed E-state index contributed by atoms with van der Waals surface area (Å²) in [7, 11) is 0.